The fraction of sp³-hybridized carbons (Fsp3) is 0.412. The lowest BCUT2D eigenvalue weighted by Crippen LogP contribution is -2.42. The van der Waals surface area contributed by atoms with Gasteiger partial charge in [-0.3, -0.25) is 4.79 Å². The second kappa shape index (κ2) is 8.51. The molecule has 1 amide bonds. The van der Waals surface area contributed by atoms with Crippen molar-refractivity contribution in [1.82, 2.24) is 19.2 Å². The van der Waals surface area contributed by atoms with Crippen molar-refractivity contribution in [2.45, 2.75) is 16.9 Å². The number of amides is 1. The Morgan fingerprint density at radius 1 is 1.13 bits per heavy atom. The number of hydrogen-bond acceptors (Lipinski definition) is 5. The van der Waals surface area contributed by atoms with E-state index in [4.69, 9.17) is 4.74 Å². The highest BCUT2D eigenvalue weighted by atomic mass is 32.2. The summed E-state index contributed by atoms with van der Waals surface area (Å²) in [5, 5.41) is 2.54. The normalized spacial score (nSPS) is 19.7. The van der Waals surface area contributed by atoms with E-state index in [1.54, 1.807) is 17.8 Å². The molecule has 2 aromatic rings. The Morgan fingerprint density at radius 2 is 1.71 bits per heavy atom. The van der Waals surface area contributed by atoms with Crippen LogP contribution >= 0.6 is 0 Å². The zero-order valence-corrected chi connectivity index (χ0v) is 17.0. The van der Waals surface area contributed by atoms with Crippen LogP contribution in [-0.4, -0.2) is 61.0 Å². The lowest BCUT2D eigenvalue weighted by atomic mass is 10.0. The number of imidazole rings is 1. The Balaban J connectivity index is 2.03. The number of rotatable bonds is 6. The van der Waals surface area contributed by atoms with Crippen molar-refractivity contribution in [3.8, 4) is 0 Å². The second-order valence-electron chi connectivity index (χ2n) is 6.83. The molecule has 14 heteroatoms. The third-order valence-corrected chi connectivity index (χ3v) is 6.72. The van der Waals surface area contributed by atoms with Crippen molar-refractivity contribution in [3.05, 3.63) is 47.3 Å². The molecule has 0 unspecified atom stereocenters. The molecule has 1 aliphatic rings. The molecule has 1 aliphatic heterocycles. The van der Waals surface area contributed by atoms with Gasteiger partial charge in [-0.05, 0) is 0 Å². The molecule has 1 N–H and O–H groups in total. The molecule has 0 saturated carbocycles. The third kappa shape index (κ3) is 4.02. The maximum atomic E-state index is 14.2. The number of halogens is 5. The fourth-order valence-corrected chi connectivity index (χ4v) is 5.03. The van der Waals surface area contributed by atoms with Gasteiger partial charge in [0.2, 0.25) is 21.7 Å². The number of carbonyl (C=O) groups is 1. The standard InChI is InChI=1S/C17H17F5N4O4S/c1-25-4-3-23-17(25)8-5-26(6-9(8)24-10(27)7-30-2)31(28,29)16-14(21)12(19)11(18)13(20)15(16)22/h3-4,8-9H,5-7H2,1-2H3,(H,24,27)/t8-,9-/m1/s1. The second-order valence-corrected chi connectivity index (χ2v) is 8.71. The summed E-state index contributed by atoms with van der Waals surface area (Å²) in [6.45, 7) is -1.26. The molecule has 2 atom stereocenters. The molecule has 0 spiro atoms. The maximum absolute atomic E-state index is 14.2. The predicted molar refractivity (Wildman–Crippen MR) is 94.7 cm³/mol. The molecule has 1 saturated heterocycles. The lowest BCUT2D eigenvalue weighted by Gasteiger charge is -2.19. The van der Waals surface area contributed by atoms with Crippen LogP contribution in [0.4, 0.5) is 22.0 Å². The van der Waals surface area contributed by atoms with E-state index in [1.807, 2.05) is 0 Å². The molecule has 0 radical (unpaired) electrons. The summed E-state index contributed by atoms with van der Waals surface area (Å²) in [6, 6.07) is -0.903. The molecule has 8 nitrogen and oxygen atoms in total. The summed E-state index contributed by atoms with van der Waals surface area (Å²) in [7, 11) is -2.29. The number of aromatic nitrogens is 2. The third-order valence-electron chi connectivity index (χ3n) is 4.87. The first-order chi connectivity index (χ1) is 14.5. The monoisotopic (exact) mass is 468 g/mol. The van der Waals surface area contributed by atoms with E-state index in [0.717, 1.165) is 0 Å². The van der Waals surface area contributed by atoms with Crippen LogP contribution in [0.5, 0.6) is 0 Å². The minimum absolute atomic E-state index is 0.339. The minimum atomic E-state index is -5.16. The first-order valence-electron chi connectivity index (χ1n) is 8.77. The number of benzene rings is 1. The van der Waals surface area contributed by atoms with Gasteiger partial charge in [-0.1, -0.05) is 0 Å². The van der Waals surface area contributed by atoms with Crippen molar-refractivity contribution in [3.63, 3.8) is 0 Å². The number of nitrogens with zero attached hydrogens (tertiary/aromatic N) is 3. The van der Waals surface area contributed by atoms with Crippen molar-refractivity contribution in [1.29, 1.82) is 0 Å². The van der Waals surface area contributed by atoms with Crippen LogP contribution in [0.3, 0.4) is 0 Å². The average molecular weight is 468 g/mol. The summed E-state index contributed by atoms with van der Waals surface area (Å²) < 4.78 is 101. The molecule has 0 bridgehead atoms. The molecule has 2 heterocycles. The Morgan fingerprint density at radius 3 is 2.23 bits per heavy atom. The van der Waals surface area contributed by atoms with E-state index < -0.39 is 75.0 Å². The highest BCUT2D eigenvalue weighted by Gasteiger charge is 2.45. The quantitative estimate of drug-likeness (QED) is 0.389. The highest BCUT2D eigenvalue weighted by molar-refractivity contribution is 7.89. The van der Waals surface area contributed by atoms with Gasteiger partial charge in [0.15, 0.2) is 28.2 Å². The van der Waals surface area contributed by atoms with E-state index in [0.29, 0.717) is 10.1 Å². The van der Waals surface area contributed by atoms with E-state index >= 15 is 0 Å². The molecule has 3 rings (SSSR count). The molecular formula is C17H17F5N4O4S. The van der Waals surface area contributed by atoms with Gasteiger partial charge in [-0.25, -0.2) is 35.4 Å². The lowest BCUT2D eigenvalue weighted by molar-refractivity contribution is -0.125. The molecule has 1 aromatic carbocycles. The fourth-order valence-electron chi connectivity index (χ4n) is 3.43. The number of methoxy groups -OCH3 is 1. The molecule has 1 aromatic heterocycles. The van der Waals surface area contributed by atoms with Gasteiger partial charge in [0.1, 0.15) is 12.4 Å². The summed E-state index contributed by atoms with van der Waals surface area (Å²) in [4.78, 5) is 14.1. The van der Waals surface area contributed by atoms with E-state index in [-0.39, 0.29) is 6.61 Å². The number of carbonyl (C=O) groups excluding carboxylic acids is 1. The number of ether oxygens (including phenoxy) is 1. The van der Waals surface area contributed by atoms with Crippen molar-refractivity contribution in [2.75, 3.05) is 26.8 Å². The maximum Gasteiger partial charge on any atom is 0.249 e. The molecule has 1 fully saturated rings. The number of aryl methyl sites for hydroxylation is 1. The zero-order chi connectivity index (χ0) is 23.1. The molecule has 0 aliphatic carbocycles. The van der Waals surface area contributed by atoms with Crippen molar-refractivity contribution in [2.24, 2.45) is 7.05 Å². The van der Waals surface area contributed by atoms with E-state index in [9.17, 15) is 35.2 Å². The Labute approximate surface area is 173 Å². The highest BCUT2D eigenvalue weighted by Crippen LogP contribution is 2.34. The van der Waals surface area contributed by atoms with Crippen LogP contribution < -0.4 is 5.32 Å². The number of hydrogen-bond donors (Lipinski definition) is 1. The van der Waals surface area contributed by atoms with Gasteiger partial charge in [0.05, 0.1) is 12.0 Å². The van der Waals surface area contributed by atoms with Gasteiger partial charge in [-0.2, -0.15) is 4.31 Å². The SMILES string of the molecule is COCC(=O)N[C@@H]1CN(S(=O)(=O)c2c(F)c(F)c(F)c(F)c2F)C[C@H]1c1nccn1C. The van der Waals surface area contributed by atoms with E-state index in [2.05, 4.69) is 10.3 Å². The summed E-state index contributed by atoms with van der Waals surface area (Å²) in [6.07, 6.45) is 2.98. The van der Waals surface area contributed by atoms with Gasteiger partial charge in [-0.15, -0.1) is 0 Å². The topological polar surface area (TPSA) is 93.5 Å². The van der Waals surface area contributed by atoms with E-state index in [1.165, 1.54) is 13.3 Å². The van der Waals surface area contributed by atoms with Crippen molar-refractivity contribution >= 4 is 15.9 Å². The van der Waals surface area contributed by atoms with Crippen LogP contribution in [0.2, 0.25) is 0 Å². The number of sulfonamides is 1. The van der Waals surface area contributed by atoms with Gasteiger partial charge in [0, 0.05) is 39.6 Å². The zero-order valence-electron chi connectivity index (χ0n) is 16.2. The molecular weight excluding hydrogens is 451 g/mol. The summed E-state index contributed by atoms with van der Waals surface area (Å²) >= 11 is 0. The summed E-state index contributed by atoms with van der Waals surface area (Å²) in [5.41, 5.74) is 0. The molecule has 31 heavy (non-hydrogen) atoms. The summed E-state index contributed by atoms with van der Waals surface area (Å²) in [5.74, 6) is -13.2. The molecule has 170 valence electrons. The predicted octanol–water partition coefficient (Wildman–Crippen LogP) is 1.03. The first kappa shape index (κ1) is 23.1. The Bertz CT molecular complexity index is 1090. The smallest absolute Gasteiger partial charge is 0.249 e. The number of nitrogens with one attached hydrogen (secondary N) is 1. The van der Waals surface area contributed by atoms with Gasteiger partial charge in [0.25, 0.3) is 0 Å². The van der Waals surface area contributed by atoms with Crippen LogP contribution in [0.1, 0.15) is 11.7 Å². The van der Waals surface area contributed by atoms with Gasteiger partial charge >= 0.3 is 0 Å². The van der Waals surface area contributed by atoms with Crippen LogP contribution in [0.15, 0.2) is 17.3 Å². The Hall–Kier alpha value is -2.58. The van der Waals surface area contributed by atoms with Crippen LogP contribution in [0, 0.1) is 29.1 Å². The van der Waals surface area contributed by atoms with Crippen molar-refractivity contribution < 1.29 is 39.9 Å². The average Bonchev–Trinajstić information content (AvgIpc) is 3.31. The van der Waals surface area contributed by atoms with Crippen LogP contribution in [0.25, 0.3) is 0 Å². The minimum Gasteiger partial charge on any atom is -0.375 e. The van der Waals surface area contributed by atoms with Gasteiger partial charge < -0.3 is 14.6 Å². The van der Waals surface area contributed by atoms with Crippen LogP contribution in [-0.2, 0) is 26.6 Å². The first-order valence-corrected chi connectivity index (χ1v) is 10.2. The largest absolute Gasteiger partial charge is 0.375 e. The Kier molecular flexibility index (Phi) is 6.34.